The Labute approximate surface area is 91.0 Å². The van der Waals surface area contributed by atoms with Crippen LogP contribution in [0.4, 0.5) is 0 Å². The number of aliphatic hydroxyl groups is 1. The van der Waals surface area contributed by atoms with E-state index in [0.29, 0.717) is 29.9 Å². The molecule has 1 fully saturated rings. The summed E-state index contributed by atoms with van der Waals surface area (Å²) in [6.07, 6.45) is 1.22. The second-order valence-electron chi connectivity index (χ2n) is 3.85. The van der Waals surface area contributed by atoms with Gasteiger partial charge in [0.1, 0.15) is 5.75 Å². The third kappa shape index (κ3) is 1.18. The summed E-state index contributed by atoms with van der Waals surface area (Å²) in [5.74, 6) is 0.783. The van der Waals surface area contributed by atoms with Crippen molar-refractivity contribution >= 4 is 11.6 Å². The maximum absolute atomic E-state index is 10.0. The van der Waals surface area contributed by atoms with Gasteiger partial charge in [-0.1, -0.05) is 11.6 Å². The Morgan fingerprint density at radius 1 is 1.33 bits per heavy atom. The van der Waals surface area contributed by atoms with Crippen molar-refractivity contribution in [2.45, 2.75) is 18.4 Å². The van der Waals surface area contributed by atoms with Crippen molar-refractivity contribution in [1.29, 1.82) is 0 Å². The van der Waals surface area contributed by atoms with E-state index in [1.165, 1.54) is 6.07 Å². The van der Waals surface area contributed by atoms with Crippen LogP contribution in [-0.2, 0) is 5.60 Å². The van der Waals surface area contributed by atoms with Crippen molar-refractivity contribution in [3.8, 4) is 17.2 Å². The molecular weight excluding hydrogens is 220 g/mol. The lowest BCUT2D eigenvalue weighted by Gasteiger charge is -2.14. The summed E-state index contributed by atoms with van der Waals surface area (Å²) in [5, 5.41) is 20.0. The molecule has 0 atom stereocenters. The average Bonchev–Trinajstić information content (AvgIpc) is 2.76. The fraction of sp³-hybridized carbons (Fsp3) is 0.400. The van der Waals surface area contributed by atoms with Crippen LogP contribution in [0, 0.1) is 0 Å². The van der Waals surface area contributed by atoms with Crippen molar-refractivity contribution in [2.24, 2.45) is 0 Å². The highest BCUT2D eigenvalue weighted by atomic mass is 35.5. The van der Waals surface area contributed by atoms with Crippen LogP contribution in [0.15, 0.2) is 6.07 Å². The highest BCUT2D eigenvalue weighted by Crippen LogP contribution is 2.57. The molecule has 1 aliphatic carbocycles. The van der Waals surface area contributed by atoms with E-state index in [2.05, 4.69) is 0 Å². The van der Waals surface area contributed by atoms with Gasteiger partial charge < -0.3 is 19.7 Å². The first kappa shape index (κ1) is 9.12. The molecule has 4 nitrogen and oxygen atoms in total. The van der Waals surface area contributed by atoms with Crippen molar-refractivity contribution in [1.82, 2.24) is 0 Å². The van der Waals surface area contributed by atoms with Crippen molar-refractivity contribution < 1.29 is 19.7 Å². The number of aromatic hydroxyl groups is 1. The zero-order chi connectivity index (χ0) is 10.6. The third-order valence-corrected chi connectivity index (χ3v) is 3.07. The summed E-state index contributed by atoms with van der Waals surface area (Å²) in [7, 11) is 0. The zero-order valence-corrected chi connectivity index (χ0v) is 8.54. The Morgan fingerprint density at radius 2 is 2.07 bits per heavy atom. The van der Waals surface area contributed by atoms with Gasteiger partial charge in [-0.05, 0) is 12.8 Å². The Hall–Kier alpha value is -1.13. The minimum atomic E-state index is -0.993. The molecule has 1 heterocycles. The van der Waals surface area contributed by atoms with E-state index in [-0.39, 0.29) is 17.6 Å². The summed E-state index contributed by atoms with van der Waals surface area (Å²) in [4.78, 5) is 0. The number of hydrogen-bond acceptors (Lipinski definition) is 4. The monoisotopic (exact) mass is 228 g/mol. The standard InChI is InChI=1S/C10H9ClO4/c11-5-3-6-9(15-4-14-6)7(8(5)12)10(13)1-2-10/h3,12-13H,1-2,4H2. The van der Waals surface area contributed by atoms with Gasteiger partial charge in [0.15, 0.2) is 11.5 Å². The molecule has 0 amide bonds. The number of phenolic OH excluding ortho intramolecular Hbond substituents is 1. The lowest BCUT2D eigenvalue weighted by atomic mass is 10.0. The molecule has 0 radical (unpaired) electrons. The minimum Gasteiger partial charge on any atom is -0.506 e. The van der Waals surface area contributed by atoms with Gasteiger partial charge in [0.2, 0.25) is 6.79 Å². The molecule has 2 N–H and O–H groups in total. The van der Waals surface area contributed by atoms with Crippen LogP contribution in [0.2, 0.25) is 5.02 Å². The molecule has 5 heteroatoms. The Balaban J connectivity index is 2.26. The molecule has 15 heavy (non-hydrogen) atoms. The summed E-state index contributed by atoms with van der Waals surface area (Å²) in [6, 6.07) is 1.49. The normalized spacial score (nSPS) is 20.4. The number of halogens is 1. The molecular formula is C10H9ClO4. The first-order valence-electron chi connectivity index (χ1n) is 4.66. The predicted octanol–water partition coefficient (Wildman–Crippen LogP) is 1.76. The fourth-order valence-corrected chi connectivity index (χ4v) is 2.00. The van der Waals surface area contributed by atoms with Gasteiger partial charge in [0, 0.05) is 6.07 Å². The summed E-state index contributed by atoms with van der Waals surface area (Å²) in [6.45, 7) is 0.0954. The second kappa shape index (κ2) is 2.71. The number of ether oxygens (including phenoxy) is 2. The van der Waals surface area contributed by atoms with Crippen LogP contribution >= 0.6 is 11.6 Å². The number of rotatable bonds is 1. The molecule has 2 aliphatic rings. The molecule has 1 aromatic carbocycles. The molecule has 3 rings (SSSR count). The van der Waals surface area contributed by atoms with Crippen molar-refractivity contribution in [3.05, 3.63) is 16.7 Å². The van der Waals surface area contributed by atoms with E-state index >= 15 is 0 Å². The van der Waals surface area contributed by atoms with E-state index in [9.17, 15) is 10.2 Å². The highest BCUT2D eigenvalue weighted by molar-refractivity contribution is 6.32. The average molecular weight is 229 g/mol. The molecule has 0 saturated heterocycles. The number of phenols is 1. The molecule has 0 unspecified atom stereocenters. The van der Waals surface area contributed by atoms with Gasteiger partial charge in [-0.2, -0.15) is 0 Å². The van der Waals surface area contributed by atoms with Crippen molar-refractivity contribution in [3.63, 3.8) is 0 Å². The summed E-state index contributed by atoms with van der Waals surface area (Å²) in [5.41, 5.74) is -0.630. The van der Waals surface area contributed by atoms with Gasteiger partial charge >= 0.3 is 0 Å². The molecule has 0 spiro atoms. The van der Waals surface area contributed by atoms with Gasteiger partial charge in [-0.15, -0.1) is 0 Å². The molecule has 0 bridgehead atoms. The van der Waals surface area contributed by atoms with Crippen LogP contribution < -0.4 is 9.47 Å². The highest BCUT2D eigenvalue weighted by Gasteiger charge is 2.48. The summed E-state index contributed by atoms with van der Waals surface area (Å²) < 4.78 is 10.4. The number of hydrogen-bond donors (Lipinski definition) is 2. The Morgan fingerprint density at radius 3 is 2.73 bits per heavy atom. The van der Waals surface area contributed by atoms with E-state index in [4.69, 9.17) is 21.1 Å². The minimum absolute atomic E-state index is 0.0954. The van der Waals surface area contributed by atoms with E-state index < -0.39 is 5.60 Å². The lowest BCUT2D eigenvalue weighted by Crippen LogP contribution is -2.06. The first-order chi connectivity index (χ1) is 7.12. The van der Waals surface area contributed by atoms with Crippen LogP contribution in [-0.4, -0.2) is 17.0 Å². The molecule has 1 aliphatic heterocycles. The first-order valence-corrected chi connectivity index (χ1v) is 5.03. The van der Waals surface area contributed by atoms with E-state index in [1.54, 1.807) is 0 Å². The second-order valence-corrected chi connectivity index (χ2v) is 4.25. The van der Waals surface area contributed by atoms with Gasteiger partial charge in [-0.25, -0.2) is 0 Å². The van der Waals surface area contributed by atoms with Crippen LogP contribution in [0.3, 0.4) is 0 Å². The SMILES string of the molecule is Oc1c(Cl)cc2c(c1C1(O)CC1)OCO2. The molecule has 1 aromatic rings. The molecule has 1 saturated carbocycles. The number of fused-ring (bicyclic) bond motifs is 1. The molecule has 0 aromatic heterocycles. The topological polar surface area (TPSA) is 58.9 Å². The van der Waals surface area contributed by atoms with E-state index in [1.807, 2.05) is 0 Å². The largest absolute Gasteiger partial charge is 0.506 e. The fourth-order valence-electron chi connectivity index (χ4n) is 1.80. The number of benzene rings is 1. The van der Waals surface area contributed by atoms with Gasteiger partial charge in [0.25, 0.3) is 0 Å². The molecule has 80 valence electrons. The van der Waals surface area contributed by atoms with Gasteiger partial charge in [-0.3, -0.25) is 0 Å². The van der Waals surface area contributed by atoms with Crippen LogP contribution in [0.5, 0.6) is 17.2 Å². The quantitative estimate of drug-likeness (QED) is 0.769. The third-order valence-electron chi connectivity index (χ3n) is 2.78. The van der Waals surface area contributed by atoms with Gasteiger partial charge in [0.05, 0.1) is 16.2 Å². The lowest BCUT2D eigenvalue weighted by molar-refractivity contribution is 0.137. The maximum atomic E-state index is 10.0. The van der Waals surface area contributed by atoms with E-state index in [0.717, 1.165) is 0 Å². The Bertz CT molecular complexity index is 440. The zero-order valence-electron chi connectivity index (χ0n) is 7.79. The predicted molar refractivity (Wildman–Crippen MR) is 52.4 cm³/mol. The maximum Gasteiger partial charge on any atom is 0.231 e. The Kier molecular flexibility index (Phi) is 1.65. The summed E-state index contributed by atoms with van der Waals surface area (Å²) >= 11 is 5.83. The van der Waals surface area contributed by atoms with Crippen molar-refractivity contribution in [2.75, 3.05) is 6.79 Å². The van der Waals surface area contributed by atoms with Crippen LogP contribution in [0.1, 0.15) is 18.4 Å². The smallest absolute Gasteiger partial charge is 0.231 e. The van der Waals surface area contributed by atoms with Crippen LogP contribution in [0.25, 0.3) is 0 Å².